The average Bonchev–Trinajstić information content (AvgIpc) is 3.73. The number of hydrogen-bond donors (Lipinski definition) is 3. The fourth-order valence-corrected chi connectivity index (χ4v) is 5.45. The second-order valence-electron chi connectivity index (χ2n) is 10.6. The van der Waals surface area contributed by atoms with Crippen molar-refractivity contribution in [3.8, 4) is 5.75 Å². The summed E-state index contributed by atoms with van der Waals surface area (Å²) in [6.45, 7) is -0.877. The third-order valence-corrected chi connectivity index (χ3v) is 7.94. The molecule has 1 unspecified atom stereocenters. The van der Waals surface area contributed by atoms with E-state index in [9.17, 15) is 22.4 Å². The van der Waals surface area contributed by atoms with Gasteiger partial charge in [0, 0.05) is 37.0 Å². The minimum absolute atomic E-state index is 0.144. The number of anilines is 4. The van der Waals surface area contributed by atoms with Gasteiger partial charge in [0.15, 0.2) is 12.4 Å². The topological polar surface area (TPSA) is 93.1 Å². The number of nitrogens with zero attached hydrogens (tertiary/aromatic N) is 3. The van der Waals surface area contributed by atoms with Crippen LogP contribution in [0.5, 0.6) is 5.75 Å². The van der Waals surface area contributed by atoms with Gasteiger partial charge in [0.1, 0.15) is 5.02 Å². The number of aromatic nitrogens is 3. The standard InChI is InChI=1S/C26H27ClF4N6O2/c1-37-18-5-4-15(33-22-17(27)11-32-24(36-22)34-14-6-8-25(28,29)9-7-14)10-16(18)19-20(23(37)38)39-12-26(30,31)21(35-19)13-2-3-13/h4-5,10-11,13-14,21,35H,2-3,6-9,12H2,1H3,(H2,32,33,34,36). The fraction of sp³-hybridized carbons (Fsp3) is 0.500. The van der Waals surface area contributed by atoms with Crippen molar-refractivity contribution < 1.29 is 22.3 Å². The summed E-state index contributed by atoms with van der Waals surface area (Å²) in [5, 5.41) is 9.93. The lowest BCUT2D eigenvalue weighted by atomic mass is 9.92. The van der Waals surface area contributed by atoms with E-state index in [4.69, 9.17) is 16.3 Å². The monoisotopic (exact) mass is 566 g/mol. The Morgan fingerprint density at radius 3 is 2.62 bits per heavy atom. The van der Waals surface area contributed by atoms with Crippen molar-refractivity contribution in [2.75, 3.05) is 22.6 Å². The molecule has 0 radical (unpaired) electrons. The van der Waals surface area contributed by atoms with Crippen molar-refractivity contribution >= 4 is 45.6 Å². The summed E-state index contributed by atoms with van der Waals surface area (Å²) >= 11 is 6.34. The molecule has 0 amide bonds. The number of hydrogen-bond acceptors (Lipinski definition) is 7. The molecule has 2 fully saturated rings. The lowest BCUT2D eigenvalue weighted by molar-refractivity contribution is -0.0579. The molecule has 2 aliphatic carbocycles. The van der Waals surface area contributed by atoms with Gasteiger partial charge in [-0.2, -0.15) is 4.98 Å². The molecule has 2 aromatic heterocycles. The van der Waals surface area contributed by atoms with Gasteiger partial charge in [-0.15, -0.1) is 0 Å². The molecule has 1 aliphatic heterocycles. The highest BCUT2D eigenvalue weighted by Crippen LogP contribution is 2.45. The quantitative estimate of drug-likeness (QED) is 0.329. The molecule has 13 heteroatoms. The van der Waals surface area contributed by atoms with E-state index in [1.54, 1.807) is 25.2 Å². The Morgan fingerprint density at radius 1 is 1.15 bits per heavy atom. The molecule has 1 atom stereocenters. The maximum atomic E-state index is 14.9. The third-order valence-electron chi connectivity index (χ3n) is 7.67. The number of fused-ring (bicyclic) bond motifs is 3. The number of aryl methyl sites for hydroxylation is 1. The first-order valence-electron chi connectivity index (χ1n) is 12.9. The summed E-state index contributed by atoms with van der Waals surface area (Å²) in [4.78, 5) is 21.6. The molecule has 39 heavy (non-hydrogen) atoms. The highest BCUT2D eigenvalue weighted by molar-refractivity contribution is 6.32. The van der Waals surface area contributed by atoms with Crippen LogP contribution in [-0.4, -0.2) is 45.1 Å². The SMILES string of the molecule is Cn1c(=O)c2c(c3cc(Nc4nc(NC5CCC(F)(F)CC5)ncc4Cl)ccc31)NC(C1CC1)C(F)(F)CO2. The van der Waals surface area contributed by atoms with Crippen LogP contribution in [0.4, 0.5) is 40.7 Å². The summed E-state index contributed by atoms with van der Waals surface area (Å²) in [5.41, 5.74) is 0.794. The lowest BCUT2D eigenvalue weighted by Gasteiger charge is -2.28. The van der Waals surface area contributed by atoms with Gasteiger partial charge in [-0.3, -0.25) is 4.79 Å². The van der Waals surface area contributed by atoms with E-state index in [1.807, 2.05) is 0 Å². The van der Waals surface area contributed by atoms with Gasteiger partial charge in [0.25, 0.3) is 5.56 Å². The van der Waals surface area contributed by atoms with Crippen molar-refractivity contribution in [1.82, 2.24) is 14.5 Å². The Morgan fingerprint density at radius 2 is 1.90 bits per heavy atom. The van der Waals surface area contributed by atoms with E-state index in [2.05, 4.69) is 25.9 Å². The molecule has 3 aliphatic rings. The van der Waals surface area contributed by atoms with Crippen LogP contribution in [0.25, 0.3) is 10.9 Å². The molecule has 3 aromatic rings. The first-order valence-corrected chi connectivity index (χ1v) is 13.3. The number of pyridine rings is 1. The van der Waals surface area contributed by atoms with Crippen LogP contribution in [0.2, 0.25) is 5.02 Å². The molecule has 0 spiro atoms. The summed E-state index contributed by atoms with van der Waals surface area (Å²) in [6.07, 6.45) is 2.98. The number of rotatable bonds is 5. The predicted molar refractivity (Wildman–Crippen MR) is 141 cm³/mol. The molecule has 1 aromatic carbocycles. The second-order valence-corrected chi connectivity index (χ2v) is 11.0. The first kappa shape index (κ1) is 26.0. The second kappa shape index (κ2) is 9.42. The van der Waals surface area contributed by atoms with Gasteiger partial charge in [0.2, 0.25) is 17.6 Å². The molecule has 2 saturated carbocycles. The largest absolute Gasteiger partial charge is 0.480 e. The third kappa shape index (κ3) is 5.06. The minimum atomic E-state index is -3.14. The van der Waals surface area contributed by atoms with Gasteiger partial charge in [-0.1, -0.05) is 11.6 Å². The minimum Gasteiger partial charge on any atom is -0.480 e. The van der Waals surface area contributed by atoms with E-state index in [0.717, 1.165) is 0 Å². The van der Waals surface area contributed by atoms with E-state index in [-0.39, 0.29) is 53.0 Å². The summed E-state index contributed by atoms with van der Waals surface area (Å²) in [7, 11) is 1.56. The van der Waals surface area contributed by atoms with Gasteiger partial charge in [-0.25, -0.2) is 22.5 Å². The molecule has 0 saturated heterocycles. The van der Waals surface area contributed by atoms with Crippen LogP contribution in [0, 0.1) is 5.92 Å². The predicted octanol–water partition coefficient (Wildman–Crippen LogP) is 5.93. The highest BCUT2D eigenvalue weighted by Gasteiger charge is 2.51. The van der Waals surface area contributed by atoms with Crippen LogP contribution < -0.4 is 26.2 Å². The first-order chi connectivity index (χ1) is 18.5. The number of alkyl halides is 4. The molecule has 3 heterocycles. The molecule has 8 nitrogen and oxygen atoms in total. The van der Waals surface area contributed by atoms with Gasteiger partial charge in [0.05, 0.1) is 23.4 Å². The Balaban J connectivity index is 1.32. The van der Waals surface area contributed by atoms with Crippen LogP contribution in [0.15, 0.2) is 29.2 Å². The Bertz CT molecular complexity index is 1490. The van der Waals surface area contributed by atoms with Crippen LogP contribution in [0.1, 0.15) is 38.5 Å². The van der Waals surface area contributed by atoms with E-state index in [0.29, 0.717) is 42.3 Å². The normalized spacial score (nSPS) is 22.4. The number of benzene rings is 1. The maximum absolute atomic E-state index is 14.9. The number of nitrogens with one attached hydrogen (secondary N) is 3. The molecular formula is C26H27ClF4N6O2. The van der Waals surface area contributed by atoms with Crippen LogP contribution in [-0.2, 0) is 7.05 Å². The Hall–Kier alpha value is -3.28. The van der Waals surface area contributed by atoms with Gasteiger partial charge < -0.3 is 25.3 Å². The smallest absolute Gasteiger partial charge is 0.301 e. The van der Waals surface area contributed by atoms with Crippen molar-refractivity contribution in [3.63, 3.8) is 0 Å². The average molecular weight is 567 g/mol. The fourth-order valence-electron chi connectivity index (χ4n) is 5.31. The highest BCUT2D eigenvalue weighted by atomic mass is 35.5. The van der Waals surface area contributed by atoms with E-state index < -0.39 is 30.1 Å². The summed E-state index contributed by atoms with van der Waals surface area (Å²) in [5.74, 6) is -5.60. The van der Waals surface area contributed by atoms with Crippen molar-refractivity contribution in [2.45, 2.75) is 62.5 Å². The zero-order chi connectivity index (χ0) is 27.5. The van der Waals surface area contributed by atoms with Gasteiger partial charge in [-0.05, 0) is 49.8 Å². The van der Waals surface area contributed by atoms with E-state index >= 15 is 0 Å². The van der Waals surface area contributed by atoms with Gasteiger partial charge >= 0.3 is 5.92 Å². The summed E-state index contributed by atoms with van der Waals surface area (Å²) in [6, 6.07) is 3.81. The van der Waals surface area contributed by atoms with Crippen LogP contribution in [0.3, 0.4) is 0 Å². The number of ether oxygens (including phenoxy) is 1. The zero-order valence-corrected chi connectivity index (χ0v) is 21.8. The summed E-state index contributed by atoms with van der Waals surface area (Å²) < 4.78 is 63.6. The van der Waals surface area contributed by atoms with E-state index in [1.165, 1.54) is 10.8 Å². The maximum Gasteiger partial charge on any atom is 0.301 e. The van der Waals surface area contributed by atoms with Crippen molar-refractivity contribution in [2.24, 2.45) is 13.0 Å². The Labute approximate surface area is 226 Å². The number of halogens is 5. The molecule has 208 valence electrons. The lowest BCUT2D eigenvalue weighted by Crippen LogP contribution is -2.44. The van der Waals surface area contributed by atoms with Crippen molar-refractivity contribution in [1.29, 1.82) is 0 Å². The molecular weight excluding hydrogens is 540 g/mol. The Kier molecular flexibility index (Phi) is 6.28. The molecule has 0 bridgehead atoms. The zero-order valence-electron chi connectivity index (χ0n) is 21.0. The van der Waals surface area contributed by atoms with Crippen molar-refractivity contribution in [3.05, 3.63) is 39.8 Å². The van der Waals surface area contributed by atoms with Crippen LogP contribution >= 0.6 is 11.6 Å². The molecule has 3 N–H and O–H groups in total. The molecule has 6 rings (SSSR count).